The molecular weight excluding hydrogens is 344 g/mol. The largest absolute Gasteiger partial charge is 0.355 e. The number of carbonyl (C=O) groups excluding carboxylic acids is 2. The van der Waals surface area contributed by atoms with Crippen LogP contribution in [-0.2, 0) is 0 Å². The zero-order valence-electron chi connectivity index (χ0n) is 15.6. The number of aromatic nitrogens is 2. The molecule has 0 aliphatic carbocycles. The van der Waals surface area contributed by atoms with Crippen LogP contribution in [0.15, 0.2) is 35.4 Å². The van der Waals surface area contributed by atoms with Gasteiger partial charge in [-0.15, -0.1) is 0 Å². The lowest BCUT2D eigenvalue weighted by atomic mass is 10.0. The summed E-state index contributed by atoms with van der Waals surface area (Å²) in [4.78, 5) is 32.5. The molecule has 0 radical (unpaired) electrons. The molecule has 5 heteroatoms. The number of pyridine rings is 1. The van der Waals surface area contributed by atoms with Gasteiger partial charge in [-0.3, -0.25) is 9.59 Å². The molecule has 0 amide bonds. The van der Waals surface area contributed by atoms with Crippen molar-refractivity contribution in [3.63, 3.8) is 0 Å². The van der Waals surface area contributed by atoms with Crippen molar-refractivity contribution in [2.45, 2.75) is 44.9 Å². The standard InChI is InChI=1S/C21H22N2O2S/c1-11-10-18(23-17-9-7-6-8-16(11)17)26-15(5)21(25)20-12(2)19(14(4)24)13(3)22-20/h6-10,15,22H,1-5H3/t15-/m0/s1. The number of nitrogens with zero attached hydrogens (tertiary/aromatic N) is 1. The Hall–Kier alpha value is -2.40. The highest BCUT2D eigenvalue weighted by Gasteiger charge is 2.24. The summed E-state index contributed by atoms with van der Waals surface area (Å²) in [5, 5.41) is 1.65. The van der Waals surface area contributed by atoms with Crippen LogP contribution in [-0.4, -0.2) is 26.8 Å². The molecule has 2 aromatic heterocycles. The van der Waals surface area contributed by atoms with Crippen LogP contribution in [0.1, 0.15) is 51.5 Å². The number of benzene rings is 1. The van der Waals surface area contributed by atoms with Crippen molar-refractivity contribution in [3.8, 4) is 0 Å². The Balaban J connectivity index is 1.89. The summed E-state index contributed by atoms with van der Waals surface area (Å²) in [6, 6.07) is 10.0. The molecule has 1 atom stereocenters. The molecule has 3 aromatic rings. The molecule has 3 rings (SSSR count). The molecule has 0 unspecified atom stereocenters. The molecule has 1 aromatic carbocycles. The molecular formula is C21H22N2O2S. The van der Waals surface area contributed by atoms with Crippen LogP contribution in [0.5, 0.6) is 0 Å². The Bertz CT molecular complexity index is 1020. The highest BCUT2D eigenvalue weighted by molar-refractivity contribution is 8.00. The summed E-state index contributed by atoms with van der Waals surface area (Å²) < 4.78 is 0. The van der Waals surface area contributed by atoms with Gasteiger partial charge in [-0.2, -0.15) is 0 Å². The molecule has 1 N–H and O–H groups in total. The van der Waals surface area contributed by atoms with Crippen LogP contribution in [0.3, 0.4) is 0 Å². The summed E-state index contributed by atoms with van der Waals surface area (Å²) >= 11 is 1.44. The number of hydrogen-bond donors (Lipinski definition) is 1. The lowest BCUT2D eigenvalue weighted by molar-refractivity contribution is 0.0988. The van der Waals surface area contributed by atoms with Crippen molar-refractivity contribution in [2.75, 3.05) is 0 Å². The van der Waals surface area contributed by atoms with E-state index in [1.54, 1.807) is 0 Å². The van der Waals surface area contributed by atoms with Crippen LogP contribution in [0.4, 0.5) is 0 Å². The number of Topliss-reactive ketones (excluding diaryl/α,β-unsaturated/α-hetero) is 2. The quantitative estimate of drug-likeness (QED) is 0.507. The van der Waals surface area contributed by atoms with Gasteiger partial charge in [0.1, 0.15) is 0 Å². The average molecular weight is 366 g/mol. The SMILES string of the molecule is CC(=O)c1c(C)[nH]c(C(=O)[C@H](C)Sc2cc(C)c3ccccc3n2)c1C. The first-order valence-corrected chi connectivity index (χ1v) is 9.45. The number of fused-ring (bicyclic) bond motifs is 1. The Kier molecular flexibility index (Phi) is 5.01. The molecule has 26 heavy (non-hydrogen) atoms. The Morgan fingerprint density at radius 2 is 1.85 bits per heavy atom. The maximum atomic E-state index is 12.9. The number of hydrogen-bond acceptors (Lipinski definition) is 4. The molecule has 4 nitrogen and oxygen atoms in total. The van der Waals surface area contributed by atoms with Crippen LogP contribution in [0.2, 0.25) is 0 Å². The molecule has 134 valence electrons. The maximum absolute atomic E-state index is 12.9. The molecule has 0 spiro atoms. The van der Waals surface area contributed by atoms with E-state index in [0.29, 0.717) is 11.3 Å². The van der Waals surface area contributed by atoms with Crippen LogP contribution in [0.25, 0.3) is 10.9 Å². The third kappa shape index (κ3) is 3.31. The molecule has 0 saturated carbocycles. The van der Waals surface area contributed by atoms with E-state index in [-0.39, 0.29) is 16.8 Å². The van der Waals surface area contributed by atoms with Crippen molar-refractivity contribution >= 4 is 34.2 Å². The summed E-state index contributed by atoms with van der Waals surface area (Å²) in [5.41, 5.74) is 4.68. The van der Waals surface area contributed by atoms with Crippen LogP contribution in [0, 0.1) is 20.8 Å². The van der Waals surface area contributed by atoms with Crippen molar-refractivity contribution in [1.29, 1.82) is 0 Å². The van der Waals surface area contributed by atoms with Crippen molar-refractivity contribution in [1.82, 2.24) is 9.97 Å². The number of thioether (sulfide) groups is 1. The molecule has 0 fully saturated rings. The number of rotatable bonds is 5. The average Bonchev–Trinajstić information content (AvgIpc) is 2.88. The van der Waals surface area contributed by atoms with Crippen molar-refractivity contribution in [2.24, 2.45) is 0 Å². The number of carbonyl (C=O) groups is 2. The Morgan fingerprint density at radius 1 is 1.15 bits per heavy atom. The normalized spacial score (nSPS) is 12.3. The van der Waals surface area contributed by atoms with E-state index < -0.39 is 0 Å². The minimum absolute atomic E-state index is 0.0179. The summed E-state index contributed by atoms with van der Waals surface area (Å²) in [6.45, 7) is 9.10. The van der Waals surface area contributed by atoms with Gasteiger partial charge in [-0.05, 0) is 57.9 Å². The van der Waals surface area contributed by atoms with Crippen LogP contribution < -0.4 is 0 Å². The number of para-hydroxylation sites is 1. The monoisotopic (exact) mass is 366 g/mol. The first kappa shape index (κ1) is 18.4. The van der Waals surface area contributed by atoms with Gasteiger partial charge in [-0.1, -0.05) is 30.0 Å². The second-order valence-corrected chi connectivity index (χ2v) is 7.96. The third-order valence-electron chi connectivity index (χ3n) is 4.60. The van der Waals surface area contributed by atoms with E-state index in [0.717, 1.165) is 32.7 Å². The van der Waals surface area contributed by atoms with Gasteiger partial charge in [0.15, 0.2) is 11.6 Å². The van der Waals surface area contributed by atoms with E-state index in [1.807, 2.05) is 45.0 Å². The van der Waals surface area contributed by atoms with Crippen molar-refractivity contribution < 1.29 is 9.59 Å². The van der Waals surface area contributed by atoms with E-state index >= 15 is 0 Å². The molecule has 0 aliphatic heterocycles. The molecule has 2 heterocycles. The zero-order chi connectivity index (χ0) is 19.0. The van der Waals surface area contributed by atoms with Gasteiger partial charge < -0.3 is 4.98 Å². The smallest absolute Gasteiger partial charge is 0.192 e. The van der Waals surface area contributed by atoms with Gasteiger partial charge in [-0.25, -0.2) is 4.98 Å². The third-order valence-corrected chi connectivity index (χ3v) is 5.62. The summed E-state index contributed by atoms with van der Waals surface area (Å²) in [7, 11) is 0. The minimum Gasteiger partial charge on any atom is -0.355 e. The van der Waals surface area contributed by atoms with Gasteiger partial charge in [0.25, 0.3) is 0 Å². The fraction of sp³-hybridized carbons (Fsp3) is 0.286. The van der Waals surface area contributed by atoms with E-state index in [9.17, 15) is 9.59 Å². The van der Waals surface area contributed by atoms with Gasteiger partial charge in [0.05, 0.1) is 21.5 Å². The highest BCUT2D eigenvalue weighted by atomic mass is 32.2. The minimum atomic E-state index is -0.306. The lowest BCUT2D eigenvalue weighted by Crippen LogP contribution is -2.15. The van der Waals surface area contributed by atoms with Crippen LogP contribution >= 0.6 is 11.8 Å². The fourth-order valence-corrected chi connectivity index (χ4v) is 4.32. The van der Waals surface area contributed by atoms with E-state index in [2.05, 4.69) is 23.0 Å². The van der Waals surface area contributed by atoms with E-state index in [1.165, 1.54) is 18.7 Å². The Labute approximate surface area is 157 Å². The van der Waals surface area contributed by atoms with Gasteiger partial charge >= 0.3 is 0 Å². The first-order valence-electron chi connectivity index (χ1n) is 8.57. The first-order chi connectivity index (χ1) is 12.3. The maximum Gasteiger partial charge on any atom is 0.192 e. The lowest BCUT2D eigenvalue weighted by Gasteiger charge is -2.11. The molecule has 0 aliphatic rings. The number of ketones is 2. The summed E-state index contributed by atoms with van der Waals surface area (Å²) in [6.07, 6.45) is 0. The second-order valence-electron chi connectivity index (χ2n) is 6.60. The topological polar surface area (TPSA) is 62.8 Å². The predicted octanol–water partition coefficient (Wildman–Crippen LogP) is 5.05. The van der Waals surface area contributed by atoms with Gasteiger partial charge in [0, 0.05) is 16.6 Å². The number of aryl methyl sites for hydroxylation is 2. The van der Waals surface area contributed by atoms with Gasteiger partial charge in [0.2, 0.25) is 0 Å². The zero-order valence-corrected chi connectivity index (χ0v) is 16.5. The number of H-pyrrole nitrogens is 1. The molecule has 0 saturated heterocycles. The molecule has 0 bridgehead atoms. The Morgan fingerprint density at radius 3 is 2.50 bits per heavy atom. The number of aromatic amines is 1. The number of nitrogens with one attached hydrogen (secondary N) is 1. The second kappa shape index (κ2) is 7.08. The fourth-order valence-electron chi connectivity index (χ4n) is 3.34. The summed E-state index contributed by atoms with van der Waals surface area (Å²) in [5.74, 6) is -0.0434. The van der Waals surface area contributed by atoms with Crippen molar-refractivity contribution in [3.05, 3.63) is 58.4 Å². The van der Waals surface area contributed by atoms with E-state index in [4.69, 9.17) is 0 Å². The highest BCUT2D eigenvalue weighted by Crippen LogP contribution is 2.29. The predicted molar refractivity (Wildman–Crippen MR) is 106 cm³/mol.